The highest BCUT2D eigenvalue weighted by Crippen LogP contribution is 2.53. The number of piperazine rings is 1. The van der Waals surface area contributed by atoms with Crippen molar-refractivity contribution in [1.82, 2.24) is 15.1 Å². The van der Waals surface area contributed by atoms with Crippen molar-refractivity contribution in [2.45, 2.75) is 51.4 Å². The fourth-order valence-electron chi connectivity index (χ4n) is 6.51. The van der Waals surface area contributed by atoms with E-state index in [-0.39, 0.29) is 52.5 Å². The largest absolute Gasteiger partial charge is 0.504 e. The van der Waals surface area contributed by atoms with Gasteiger partial charge in [-0.05, 0) is 44.5 Å². The SMILES string of the molecule is COC1=C(C)C(=O)C2=C(C1=O)[C@H](CNC(C)=O)N1C(=C2)[C@H]2c3c(cc(C)c(OC)c3O)C[C@H]([C@@H]1C#N)N2C. The first kappa shape index (κ1) is 25.5. The number of aryl methyl sites for hydroxylation is 1. The number of ketones is 2. The van der Waals surface area contributed by atoms with Crippen LogP contribution in [0.5, 0.6) is 11.5 Å². The number of nitrogens with zero attached hydrogens (tertiary/aromatic N) is 3. The molecule has 4 aliphatic rings. The number of likely N-dealkylation sites (N-methyl/N-ethyl adjacent to an activating group) is 1. The molecular formula is C28H30N4O6. The van der Waals surface area contributed by atoms with E-state index in [1.54, 1.807) is 13.0 Å². The summed E-state index contributed by atoms with van der Waals surface area (Å²) in [6.45, 7) is 4.79. The number of nitrogens with one attached hydrogen (secondary N) is 1. The van der Waals surface area contributed by atoms with Gasteiger partial charge in [0.2, 0.25) is 11.7 Å². The zero-order valence-electron chi connectivity index (χ0n) is 22.2. The molecule has 1 aromatic carbocycles. The van der Waals surface area contributed by atoms with Crippen molar-refractivity contribution in [3.8, 4) is 17.6 Å². The first-order valence-corrected chi connectivity index (χ1v) is 12.4. The van der Waals surface area contributed by atoms with E-state index >= 15 is 0 Å². The summed E-state index contributed by atoms with van der Waals surface area (Å²) in [5.41, 5.74) is 3.53. The number of Topliss-reactive ketones (excluding diaryl/α,β-unsaturated/α-hetero) is 2. The summed E-state index contributed by atoms with van der Waals surface area (Å²) in [5.74, 6) is -0.755. The fraction of sp³-hybridized carbons (Fsp3) is 0.429. The highest BCUT2D eigenvalue weighted by atomic mass is 16.5. The maximum absolute atomic E-state index is 13.6. The molecule has 198 valence electrons. The van der Waals surface area contributed by atoms with Crippen LogP contribution in [0, 0.1) is 18.3 Å². The molecule has 1 saturated heterocycles. The number of phenolic OH excluding ortho intramolecular Hbond substituents is 1. The minimum absolute atomic E-state index is 0.0102. The smallest absolute Gasteiger partial charge is 0.226 e. The molecule has 0 spiro atoms. The van der Waals surface area contributed by atoms with Crippen molar-refractivity contribution in [1.29, 1.82) is 5.26 Å². The highest BCUT2D eigenvalue weighted by molar-refractivity contribution is 6.26. The Morgan fingerprint density at radius 1 is 1.24 bits per heavy atom. The topological polar surface area (TPSA) is 132 Å². The molecule has 0 aromatic heterocycles. The van der Waals surface area contributed by atoms with Crippen molar-refractivity contribution < 1.29 is 29.0 Å². The van der Waals surface area contributed by atoms with Crippen LogP contribution in [0.15, 0.2) is 40.3 Å². The second kappa shape index (κ2) is 9.03. The van der Waals surface area contributed by atoms with Crippen LogP contribution in [0.1, 0.15) is 36.6 Å². The Morgan fingerprint density at radius 2 is 1.95 bits per heavy atom. The summed E-state index contributed by atoms with van der Waals surface area (Å²) in [6, 6.07) is 2.11. The standard InChI is InChI=1S/C28H30N4O6/c1-12-7-15-8-17-19(10-29)32-18(23(31(17)4)21(15)25(35)27(12)37-5)9-16-22(20(32)11-30-14(3)33)26(36)28(38-6)13(2)24(16)34/h7,9,17,19-20,23,35H,8,11H2,1-6H3,(H,30,33)/t17-,19+,20+,23+/m1/s1. The lowest BCUT2D eigenvalue weighted by Crippen LogP contribution is -2.65. The molecule has 38 heavy (non-hydrogen) atoms. The molecule has 0 radical (unpaired) electrons. The van der Waals surface area contributed by atoms with Crippen molar-refractivity contribution in [2.24, 2.45) is 0 Å². The van der Waals surface area contributed by atoms with Crippen LogP contribution in [0.3, 0.4) is 0 Å². The van der Waals surface area contributed by atoms with E-state index in [0.717, 1.165) is 11.1 Å². The predicted molar refractivity (Wildman–Crippen MR) is 136 cm³/mol. The maximum Gasteiger partial charge on any atom is 0.226 e. The Hall–Kier alpha value is -4.10. The number of hydrogen-bond donors (Lipinski definition) is 2. The average molecular weight is 519 g/mol. The molecule has 1 aliphatic carbocycles. The Morgan fingerprint density at radius 3 is 2.55 bits per heavy atom. The summed E-state index contributed by atoms with van der Waals surface area (Å²) >= 11 is 0. The second-order valence-electron chi connectivity index (χ2n) is 10.1. The molecule has 0 unspecified atom stereocenters. The Bertz CT molecular complexity index is 1430. The van der Waals surface area contributed by atoms with Crippen LogP contribution in [-0.2, 0) is 25.5 Å². The monoisotopic (exact) mass is 518 g/mol. The van der Waals surface area contributed by atoms with E-state index in [1.807, 2.05) is 29.8 Å². The van der Waals surface area contributed by atoms with E-state index in [0.29, 0.717) is 23.4 Å². The quantitative estimate of drug-likeness (QED) is 0.570. The molecular weight excluding hydrogens is 488 g/mol. The number of fused-ring (bicyclic) bond motifs is 6. The molecule has 3 aliphatic heterocycles. The summed E-state index contributed by atoms with van der Waals surface area (Å²) in [4.78, 5) is 43.0. The molecule has 4 atom stereocenters. The summed E-state index contributed by atoms with van der Waals surface area (Å²) in [5, 5.41) is 24.6. The number of amides is 1. The van der Waals surface area contributed by atoms with Crippen LogP contribution < -0.4 is 10.1 Å². The van der Waals surface area contributed by atoms with Crippen molar-refractivity contribution in [3.63, 3.8) is 0 Å². The van der Waals surface area contributed by atoms with Crippen molar-refractivity contribution >= 4 is 17.5 Å². The van der Waals surface area contributed by atoms with Gasteiger partial charge >= 0.3 is 0 Å². The van der Waals surface area contributed by atoms with Gasteiger partial charge in [-0.2, -0.15) is 5.26 Å². The molecule has 1 fully saturated rings. The van der Waals surface area contributed by atoms with Crippen LogP contribution >= 0.6 is 0 Å². The molecule has 10 heteroatoms. The summed E-state index contributed by atoms with van der Waals surface area (Å²) < 4.78 is 10.8. The number of nitriles is 1. The number of carbonyl (C=O) groups is 3. The zero-order valence-corrected chi connectivity index (χ0v) is 22.2. The zero-order chi connectivity index (χ0) is 27.6. The van der Waals surface area contributed by atoms with E-state index < -0.39 is 23.9 Å². The molecule has 0 saturated carbocycles. The first-order valence-electron chi connectivity index (χ1n) is 12.4. The number of aromatic hydroxyl groups is 1. The second-order valence-corrected chi connectivity index (χ2v) is 10.1. The summed E-state index contributed by atoms with van der Waals surface area (Å²) in [7, 11) is 4.73. The number of benzene rings is 1. The molecule has 1 amide bonds. The van der Waals surface area contributed by atoms with Gasteiger partial charge in [-0.15, -0.1) is 0 Å². The molecule has 3 heterocycles. The number of phenols is 1. The third-order valence-electron chi connectivity index (χ3n) is 8.15. The normalized spacial score (nSPS) is 26.2. The number of methoxy groups -OCH3 is 2. The van der Waals surface area contributed by atoms with Crippen LogP contribution in [0.2, 0.25) is 0 Å². The van der Waals surface area contributed by atoms with Gasteiger partial charge in [0, 0.05) is 47.5 Å². The number of carbonyl (C=O) groups excluding carboxylic acids is 3. The lowest BCUT2D eigenvalue weighted by atomic mass is 9.73. The molecule has 2 N–H and O–H groups in total. The lowest BCUT2D eigenvalue weighted by Gasteiger charge is -2.57. The van der Waals surface area contributed by atoms with Crippen LogP contribution in [0.4, 0.5) is 0 Å². The Kier molecular flexibility index (Phi) is 6.07. The predicted octanol–water partition coefficient (Wildman–Crippen LogP) is 1.59. The molecule has 2 bridgehead atoms. The van der Waals surface area contributed by atoms with E-state index in [4.69, 9.17) is 9.47 Å². The van der Waals surface area contributed by atoms with Gasteiger partial charge in [-0.25, -0.2) is 0 Å². The third kappa shape index (κ3) is 3.38. The van der Waals surface area contributed by atoms with E-state index in [9.17, 15) is 24.8 Å². The van der Waals surface area contributed by atoms with Gasteiger partial charge in [0.1, 0.15) is 6.04 Å². The van der Waals surface area contributed by atoms with Gasteiger partial charge in [-0.3, -0.25) is 19.3 Å². The van der Waals surface area contributed by atoms with Crippen molar-refractivity contribution in [2.75, 3.05) is 27.8 Å². The van der Waals surface area contributed by atoms with Gasteiger partial charge in [0.05, 0.1) is 32.4 Å². The number of ether oxygens (including phenoxy) is 2. The highest BCUT2D eigenvalue weighted by Gasteiger charge is 2.54. The van der Waals surface area contributed by atoms with E-state index in [2.05, 4.69) is 11.4 Å². The lowest BCUT2D eigenvalue weighted by molar-refractivity contribution is -0.120. The van der Waals surface area contributed by atoms with Crippen LogP contribution in [0.25, 0.3) is 0 Å². The first-order chi connectivity index (χ1) is 18.1. The summed E-state index contributed by atoms with van der Waals surface area (Å²) in [6.07, 6.45) is 2.15. The molecule has 10 nitrogen and oxygen atoms in total. The fourth-order valence-corrected chi connectivity index (χ4v) is 6.51. The minimum Gasteiger partial charge on any atom is -0.504 e. The maximum atomic E-state index is 13.6. The number of allylic oxidation sites excluding steroid dienone is 4. The van der Waals surface area contributed by atoms with Gasteiger partial charge in [-0.1, -0.05) is 6.07 Å². The van der Waals surface area contributed by atoms with Gasteiger partial charge < -0.3 is 24.8 Å². The number of hydrogen-bond acceptors (Lipinski definition) is 9. The van der Waals surface area contributed by atoms with Gasteiger partial charge in [0.15, 0.2) is 23.0 Å². The van der Waals surface area contributed by atoms with E-state index in [1.165, 1.54) is 21.1 Å². The van der Waals surface area contributed by atoms with Crippen LogP contribution in [-0.4, -0.2) is 78.3 Å². The number of rotatable bonds is 4. The Balaban J connectivity index is 1.79. The minimum atomic E-state index is -0.789. The van der Waals surface area contributed by atoms with Gasteiger partial charge in [0.25, 0.3) is 0 Å². The van der Waals surface area contributed by atoms with Crippen molar-refractivity contribution in [3.05, 3.63) is 57.0 Å². The average Bonchev–Trinajstić information content (AvgIpc) is 2.86. The Labute approximate surface area is 220 Å². The third-order valence-corrected chi connectivity index (χ3v) is 8.15. The molecule has 5 rings (SSSR count). The molecule has 1 aromatic rings.